The lowest BCUT2D eigenvalue weighted by Crippen LogP contribution is -2.53. The van der Waals surface area contributed by atoms with Crippen LogP contribution in [0.3, 0.4) is 0 Å². The molecule has 116 valence electrons. The zero-order valence-corrected chi connectivity index (χ0v) is 13.2. The van der Waals surface area contributed by atoms with Crippen molar-refractivity contribution in [3.8, 4) is 0 Å². The highest BCUT2D eigenvalue weighted by atomic mass is 16.2. The molecule has 0 radical (unpaired) electrons. The molecule has 0 aliphatic carbocycles. The molecule has 2 aliphatic heterocycles. The van der Waals surface area contributed by atoms with Crippen LogP contribution in [-0.4, -0.2) is 73.1 Å². The molecular formula is C15H30N4O. The molecule has 0 aromatic rings. The molecule has 0 aromatic heterocycles. The molecule has 0 atom stereocenters. The maximum absolute atomic E-state index is 12.1. The van der Waals surface area contributed by atoms with Crippen LogP contribution in [-0.2, 0) is 4.79 Å². The Morgan fingerprint density at radius 1 is 1.15 bits per heavy atom. The van der Waals surface area contributed by atoms with E-state index < -0.39 is 0 Å². The monoisotopic (exact) mass is 282 g/mol. The van der Waals surface area contributed by atoms with Gasteiger partial charge < -0.3 is 10.6 Å². The van der Waals surface area contributed by atoms with Crippen LogP contribution in [0.2, 0.25) is 0 Å². The number of piperidine rings is 1. The summed E-state index contributed by atoms with van der Waals surface area (Å²) in [7, 11) is 0. The molecule has 0 unspecified atom stereocenters. The van der Waals surface area contributed by atoms with Gasteiger partial charge in [-0.15, -0.1) is 0 Å². The Hall–Kier alpha value is -0.650. The summed E-state index contributed by atoms with van der Waals surface area (Å²) in [6.45, 7) is 13.5. The number of likely N-dealkylation sites (tertiary alicyclic amines) is 1. The van der Waals surface area contributed by atoms with Gasteiger partial charge in [0.15, 0.2) is 0 Å². The molecule has 0 spiro atoms. The van der Waals surface area contributed by atoms with Crippen LogP contribution in [0, 0.1) is 0 Å². The summed E-state index contributed by atoms with van der Waals surface area (Å²) in [6.07, 6.45) is 2.15. The second-order valence-corrected chi connectivity index (χ2v) is 7.03. The van der Waals surface area contributed by atoms with E-state index in [0.717, 1.165) is 52.1 Å². The van der Waals surface area contributed by atoms with Gasteiger partial charge in [-0.1, -0.05) is 0 Å². The van der Waals surface area contributed by atoms with E-state index >= 15 is 0 Å². The first-order valence-corrected chi connectivity index (χ1v) is 7.92. The topological polar surface area (TPSA) is 47.6 Å². The summed E-state index contributed by atoms with van der Waals surface area (Å²) in [5.74, 6) is 0.195. The number of hydrogen-bond donors (Lipinski definition) is 2. The van der Waals surface area contributed by atoms with E-state index in [0.29, 0.717) is 12.6 Å². The third-order valence-corrected chi connectivity index (χ3v) is 4.39. The number of carbonyl (C=O) groups is 1. The van der Waals surface area contributed by atoms with E-state index in [9.17, 15) is 4.79 Å². The lowest BCUT2D eigenvalue weighted by atomic mass is 9.98. The van der Waals surface area contributed by atoms with Crippen LogP contribution >= 0.6 is 0 Å². The fourth-order valence-electron chi connectivity index (χ4n) is 3.04. The number of rotatable bonds is 3. The van der Waals surface area contributed by atoms with Gasteiger partial charge in [-0.25, -0.2) is 0 Å². The van der Waals surface area contributed by atoms with Crippen LogP contribution in [0.25, 0.3) is 0 Å². The lowest BCUT2D eigenvalue weighted by Gasteiger charge is -2.41. The number of nitrogens with zero attached hydrogens (tertiary/aromatic N) is 2. The van der Waals surface area contributed by atoms with Crippen molar-refractivity contribution < 1.29 is 4.79 Å². The van der Waals surface area contributed by atoms with Crippen molar-refractivity contribution in [2.45, 2.75) is 45.2 Å². The molecule has 20 heavy (non-hydrogen) atoms. The van der Waals surface area contributed by atoms with Gasteiger partial charge in [0.05, 0.1) is 6.54 Å². The summed E-state index contributed by atoms with van der Waals surface area (Å²) in [5, 5.41) is 6.52. The number of carbonyl (C=O) groups excluding carboxylic acids is 1. The first kappa shape index (κ1) is 15.7. The van der Waals surface area contributed by atoms with Crippen LogP contribution in [0.5, 0.6) is 0 Å². The van der Waals surface area contributed by atoms with Crippen LogP contribution in [0.4, 0.5) is 0 Å². The number of piperazine rings is 1. The Bertz CT molecular complexity index is 312. The van der Waals surface area contributed by atoms with Crippen LogP contribution in [0.15, 0.2) is 0 Å². The highest BCUT2D eigenvalue weighted by Gasteiger charge is 2.27. The highest BCUT2D eigenvalue weighted by molar-refractivity contribution is 5.78. The predicted octanol–water partition coefficient (Wildman–Crippen LogP) is 0.271. The molecule has 2 aliphatic rings. The normalized spacial score (nSPS) is 23.8. The van der Waals surface area contributed by atoms with Crippen LogP contribution < -0.4 is 10.6 Å². The van der Waals surface area contributed by atoms with E-state index in [2.05, 4.69) is 41.2 Å². The minimum absolute atomic E-state index is 0.195. The van der Waals surface area contributed by atoms with Crippen LogP contribution in [0.1, 0.15) is 33.6 Å². The third-order valence-electron chi connectivity index (χ3n) is 4.39. The van der Waals surface area contributed by atoms with E-state index in [4.69, 9.17) is 0 Å². The standard InChI is InChI=1S/C15H30N4O/c1-15(2,3)19-8-4-13(5-9-19)17-14(20)12-18-10-6-16-7-11-18/h13,16H,4-12H2,1-3H3,(H,17,20). The Balaban J connectivity index is 1.68. The average Bonchev–Trinajstić information content (AvgIpc) is 2.39. The summed E-state index contributed by atoms with van der Waals surface area (Å²) >= 11 is 0. The van der Waals surface area contributed by atoms with E-state index in [-0.39, 0.29) is 11.4 Å². The lowest BCUT2D eigenvalue weighted by molar-refractivity contribution is -0.123. The molecule has 1 amide bonds. The minimum Gasteiger partial charge on any atom is -0.352 e. The van der Waals surface area contributed by atoms with Gasteiger partial charge in [-0.3, -0.25) is 14.6 Å². The minimum atomic E-state index is 0.195. The van der Waals surface area contributed by atoms with Crippen molar-refractivity contribution in [2.24, 2.45) is 0 Å². The first-order chi connectivity index (χ1) is 9.45. The van der Waals surface area contributed by atoms with E-state index in [1.165, 1.54) is 0 Å². The smallest absolute Gasteiger partial charge is 0.234 e. The van der Waals surface area contributed by atoms with Crippen molar-refractivity contribution in [1.82, 2.24) is 20.4 Å². The molecule has 2 N–H and O–H groups in total. The fourth-order valence-corrected chi connectivity index (χ4v) is 3.04. The molecule has 2 rings (SSSR count). The molecule has 5 nitrogen and oxygen atoms in total. The molecular weight excluding hydrogens is 252 g/mol. The number of hydrogen-bond acceptors (Lipinski definition) is 4. The van der Waals surface area contributed by atoms with Gasteiger partial charge in [-0.05, 0) is 33.6 Å². The molecule has 5 heteroatoms. The van der Waals surface area contributed by atoms with Gasteiger partial charge in [0.2, 0.25) is 5.91 Å². The molecule has 0 bridgehead atoms. The van der Waals surface area contributed by atoms with Crippen molar-refractivity contribution >= 4 is 5.91 Å². The Morgan fingerprint density at radius 3 is 2.30 bits per heavy atom. The van der Waals surface area contributed by atoms with Gasteiger partial charge in [0, 0.05) is 50.8 Å². The Morgan fingerprint density at radius 2 is 1.75 bits per heavy atom. The fraction of sp³-hybridized carbons (Fsp3) is 0.933. The Kier molecular flexibility index (Phi) is 5.41. The predicted molar refractivity (Wildman–Crippen MR) is 81.8 cm³/mol. The second kappa shape index (κ2) is 6.87. The second-order valence-electron chi connectivity index (χ2n) is 7.03. The molecule has 2 heterocycles. The van der Waals surface area contributed by atoms with Gasteiger partial charge >= 0.3 is 0 Å². The molecule has 0 saturated carbocycles. The van der Waals surface area contributed by atoms with E-state index in [1.807, 2.05) is 0 Å². The number of nitrogens with one attached hydrogen (secondary N) is 2. The van der Waals surface area contributed by atoms with Crippen molar-refractivity contribution in [3.05, 3.63) is 0 Å². The van der Waals surface area contributed by atoms with Gasteiger partial charge in [0.25, 0.3) is 0 Å². The average molecular weight is 282 g/mol. The van der Waals surface area contributed by atoms with E-state index in [1.54, 1.807) is 0 Å². The zero-order valence-electron chi connectivity index (χ0n) is 13.2. The number of amides is 1. The van der Waals surface area contributed by atoms with Gasteiger partial charge in [-0.2, -0.15) is 0 Å². The summed E-state index contributed by atoms with van der Waals surface area (Å²) < 4.78 is 0. The molecule has 0 aromatic carbocycles. The Labute approximate surface area is 123 Å². The summed E-state index contributed by atoms with van der Waals surface area (Å²) in [6, 6.07) is 0.365. The van der Waals surface area contributed by atoms with Crippen molar-refractivity contribution in [3.63, 3.8) is 0 Å². The van der Waals surface area contributed by atoms with Gasteiger partial charge in [0.1, 0.15) is 0 Å². The quantitative estimate of drug-likeness (QED) is 0.780. The largest absolute Gasteiger partial charge is 0.352 e. The zero-order chi connectivity index (χ0) is 14.6. The van der Waals surface area contributed by atoms with Crippen molar-refractivity contribution in [1.29, 1.82) is 0 Å². The summed E-state index contributed by atoms with van der Waals surface area (Å²) in [5.41, 5.74) is 0.246. The maximum Gasteiger partial charge on any atom is 0.234 e. The highest BCUT2D eigenvalue weighted by Crippen LogP contribution is 2.19. The van der Waals surface area contributed by atoms with Crippen molar-refractivity contribution in [2.75, 3.05) is 45.8 Å². The SMILES string of the molecule is CC(C)(C)N1CCC(NC(=O)CN2CCNCC2)CC1. The molecule has 2 saturated heterocycles. The maximum atomic E-state index is 12.1. The third kappa shape index (κ3) is 4.72. The first-order valence-electron chi connectivity index (χ1n) is 7.92. The molecule has 2 fully saturated rings. The summed E-state index contributed by atoms with van der Waals surface area (Å²) in [4.78, 5) is 16.8.